The average Bonchev–Trinajstić information content (AvgIpc) is 2.70. The molecule has 0 heterocycles. The van der Waals surface area contributed by atoms with E-state index in [-0.39, 0.29) is 0 Å². The van der Waals surface area contributed by atoms with E-state index < -0.39 is 0 Å². The van der Waals surface area contributed by atoms with E-state index >= 15 is 0 Å². The maximum Gasteiger partial charge on any atom is -0.0297 e. The van der Waals surface area contributed by atoms with Crippen molar-refractivity contribution in [1.82, 2.24) is 0 Å². The molecule has 12 heavy (non-hydrogen) atoms. The van der Waals surface area contributed by atoms with Gasteiger partial charge in [-0.25, -0.2) is 0 Å². The fourth-order valence-corrected chi connectivity index (χ4v) is 1.98. The first-order valence-corrected chi connectivity index (χ1v) is 5.65. The lowest BCUT2D eigenvalue weighted by molar-refractivity contribution is 0.337. The molecular weight excluding hydrogens is 144 g/mol. The molecule has 0 amide bonds. The second kappa shape index (κ2) is 4.30. The third-order valence-corrected chi connectivity index (χ3v) is 2.87. The zero-order valence-electron chi connectivity index (χ0n) is 9.03. The molecule has 0 N–H and O–H groups in total. The molecule has 1 spiro atoms. The Bertz CT molecular complexity index is 109. The quantitative estimate of drug-likeness (QED) is 0.503. The van der Waals surface area contributed by atoms with Gasteiger partial charge in [0, 0.05) is 0 Å². The molecule has 72 valence electrons. The molecule has 0 radical (unpaired) electrons. The summed E-state index contributed by atoms with van der Waals surface area (Å²) in [5, 5.41) is 0. The Hall–Kier alpha value is 0. The van der Waals surface area contributed by atoms with Gasteiger partial charge in [-0.3, -0.25) is 0 Å². The van der Waals surface area contributed by atoms with Crippen LogP contribution in [0.25, 0.3) is 0 Å². The van der Waals surface area contributed by atoms with Crippen LogP contribution in [0.2, 0.25) is 0 Å². The Morgan fingerprint density at radius 1 is 0.750 bits per heavy atom. The van der Waals surface area contributed by atoms with Crippen molar-refractivity contribution in [2.75, 3.05) is 0 Å². The SMILES string of the molecule is C1CCC2(CC1)CC2.CC(C)C. The normalized spacial score (nSPS) is 25.0. The summed E-state index contributed by atoms with van der Waals surface area (Å²) in [5.41, 5.74) is 0.929. The maximum absolute atomic E-state index is 2.17. The summed E-state index contributed by atoms with van der Waals surface area (Å²) in [7, 11) is 0. The van der Waals surface area contributed by atoms with Gasteiger partial charge >= 0.3 is 0 Å². The van der Waals surface area contributed by atoms with E-state index in [9.17, 15) is 0 Å². The minimum Gasteiger partial charge on any atom is -0.0630 e. The Morgan fingerprint density at radius 2 is 1.17 bits per heavy atom. The van der Waals surface area contributed by atoms with E-state index in [1.165, 1.54) is 19.3 Å². The predicted molar refractivity (Wildman–Crippen MR) is 55.3 cm³/mol. The van der Waals surface area contributed by atoms with Crippen LogP contribution < -0.4 is 0 Å². The molecule has 0 unspecified atom stereocenters. The molecule has 2 aliphatic rings. The third kappa shape index (κ3) is 3.60. The topological polar surface area (TPSA) is 0 Å². The summed E-state index contributed by atoms with van der Waals surface area (Å²) >= 11 is 0. The van der Waals surface area contributed by atoms with Crippen molar-refractivity contribution in [3.8, 4) is 0 Å². The van der Waals surface area contributed by atoms with Gasteiger partial charge in [0.15, 0.2) is 0 Å². The van der Waals surface area contributed by atoms with Gasteiger partial charge < -0.3 is 0 Å². The van der Waals surface area contributed by atoms with E-state index in [0.29, 0.717) is 0 Å². The zero-order chi connectivity index (χ0) is 9.03. The Labute approximate surface area is 77.7 Å². The van der Waals surface area contributed by atoms with Crippen LogP contribution in [0.5, 0.6) is 0 Å². The number of hydrogen-bond acceptors (Lipinski definition) is 0. The van der Waals surface area contributed by atoms with Crippen molar-refractivity contribution >= 4 is 0 Å². The summed E-state index contributed by atoms with van der Waals surface area (Å²) in [6, 6.07) is 0. The Balaban J connectivity index is 0.000000157. The summed E-state index contributed by atoms with van der Waals surface area (Å²) in [6.07, 6.45) is 10.8. The van der Waals surface area contributed by atoms with Crippen LogP contribution in [-0.2, 0) is 0 Å². The van der Waals surface area contributed by atoms with Crippen LogP contribution in [0.3, 0.4) is 0 Å². The van der Waals surface area contributed by atoms with Crippen molar-refractivity contribution in [2.24, 2.45) is 11.3 Å². The summed E-state index contributed by atoms with van der Waals surface area (Å²) in [6.45, 7) is 6.50. The number of hydrogen-bond donors (Lipinski definition) is 0. The van der Waals surface area contributed by atoms with Gasteiger partial charge in [-0.1, -0.05) is 40.0 Å². The Morgan fingerprint density at radius 3 is 1.42 bits per heavy atom. The van der Waals surface area contributed by atoms with Crippen molar-refractivity contribution in [2.45, 2.75) is 65.7 Å². The van der Waals surface area contributed by atoms with Gasteiger partial charge in [0.2, 0.25) is 0 Å². The van der Waals surface area contributed by atoms with Crippen LogP contribution in [0, 0.1) is 11.3 Å². The first kappa shape index (κ1) is 10.1. The van der Waals surface area contributed by atoms with Crippen LogP contribution in [0.1, 0.15) is 65.7 Å². The van der Waals surface area contributed by atoms with Crippen LogP contribution in [0.4, 0.5) is 0 Å². The van der Waals surface area contributed by atoms with E-state index in [1.54, 1.807) is 25.7 Å². The predicted octanol–water partition coefficient (Wildman–Crippen LogP) is 4.39. The lowest BCUT2D eigenvalue weighted by Gasteiger charge is -2.19. The molecular formula is C12H24. The minimum absolute atomic E-state index is 0.833. The molecule has 0 aromatic heterocycles. The molecule has 0 aromatic rings. The molecule has 0 atom stereocenters. The molecule has 2 saturated carbocycles. The summed E-state index contributed by atoms with van der Waals surface area (Å²) in [4.78, 5) is 0. The molecule has 0 heteroatoms. The lowest BCUT2D eigenvalue weighted by atomic mass is 9.87. The van der Waals surface area contributed by atoms with Crippen LogP contribution in [0.15, 0.2) is 0 Å². The highest BCUT2D eigenvalue weighted by Gasteiger charge is 2.42. The fraction of sp³-hybridized carbons (Fsp3) is 1.00. The van der Waals surface area contributed by atoms with Crippen LogP contribution >= 0.6 is 0 Å². The fourth-order valence-electron chi connectivity index (χ4n) is 1.98. The molecule has 0 nitrogen and oxygen atoms in total. The molecule has 2 fully saturated rings. The lowest BCUT2D eigenvalue weighted by Crippen LogP contribution is -2.05. The summed E-state index contributed by atoms with van der Waals surface area (Å²) < 4.78 is 0. The molecule has 0 aliphatic heterocycles. The Kier molecular flexibility index (Phi) is 3.61. The second-order valence-corrected chi connectivity index (χ2v) is 5.29. The van der Waals surface area contributed by atoms with E-state index in [2.05, 4.69) is 20.8 Å². The van der Waals surface area contributed by atoms with Crippen molar-refractivity contribution in [3.63, 3.8) is 0 Å². The van der Waals surface area contributed by atoms with E-state index in [0.717, 1.165) is 11.3 Å². The van der Waals surface area contributed by atoms with Crippen molar-refractivity contribution in [3.05, 3.63) is 0 Å². The van der Waals surface area contributed by atoms with Crippen molar-refractivity contribution in [1.29, 1.82) is 0 Å². The molecule has 2 rings (SSSR count). The van der Waals surface area contributed by atoms with Gasteiger partial charge in [0.05, 0.1) is 0 Å². The van der Waals surface area contributed by atoms with Gasteiger partial charge in [-0.2, -0.15) is 0 Å². The van der Waals surface area contributed by atoms with Crippen molar-refractivity contribution < 1.29 is 0 Å². The molecule has 0 saturated heterocycles. The smallest absolute Gasteiger partial charge is 0.0297 e. The zero-order valence-corrected chi connectivity index (χ0v) is 9.03. The molecule has 0 bridgehead atoms. The maximum atomic E-state index is 2.17. The van der Waals surface area contributed by atoms with Gasteiger partial charge in [0.1, 0.15) is 0 Å². The molecule has 2 aliphatic carbocycles. The first-order chi connectivity index (χ1) is 5.65. The molecule has 0 aromatic carbocycles. The van der Waals surface area contributed by atoms with E-state index in [1.807, 2.05) is 0 Å². The first-order valence-electron chi connectivity index (χ1n) is 5.65. The highest BCUT2D eigenvalue weighted by atomic mass is 14.5. The van der Waals surface area contributed by atoms with Gasteiger partial charge in [0.25, 0.3) is 0 Å². The highest BCUT2D eigenvalue weighted by Crippen LogP contribution is 2.55. The average molecular weight is 168 g/mol. The van der Waals surface area contributed by atoms with Gasteiger partial charge in [-0.05, 0) is 37.0 Å². The standard InChI is InChI=1S/C8H14.C4H10/c1-2-4-8(5-3-1)6-7-8;1-4(2)3/h1-7H2;4H,1-3H3. The third-order valence-electron chi connectivity index (χ3n) is 2.87. The minimum atomic E-state index is 0.833. The number of rotatable bonds is 0. The monoisotopic (exact) mass is 168 g/mol. The largest absolute Gasteiger partial charge is 0.0630 e. The van der Waals surface area contributed by atoms with Crippen LogP contribution in [-0.4, -0.2) is 0 Å². The second-order valence-electron chi connectivity index (χ2n) is 5.29. The summed E-state index contributed by atoms with van der Waals surface area (Å²) in [5.74, 6) is 0.833. The van der Waals surface area contributed by atoms with E-state index in [4.69, 9.17) is 0 Å². The highest BCUT2D eigenvalue weighted by molar-refractivity contribution is 4.94. The van der Waals surface area contributed by atoms with Gasteiger partial charge in [-0.15, -0.1) is 0 Å².